The van der Waals surface area contributed by atoms with Gasteiger partial charge in [0.25, 0.3) is 0 Å². The van der Waals surface area contributed by atoms with E-state index in [4.69, 9.17) is 11.6 Å². The fourth-order valence-corrected chi connectivity index (χ4v) is 5.91. The van der Waals surface area contributed by atoms with E-state index in [1.54, 1.807) is 13.1 Å². The number of fused-ring (bicyclic) bond motifs is 1. The van der Waals surface area contributed by atoms with Gasteiger partial charge in [-0.3, -0.25) is 4.79 Å². The van der Waals surface area contributed by atoms with Gasteiger partial charge in [0.2, 0.25) is 5.91 Å². The Morgan fingerprint density at radius 2 is 1.90 bits per heavy atom. The van der Waals surface area contributed by atoms with Crippen molar-refractivity contribution >= 4 is 23.1 Å². The van der Waals surface area contributed by atoms with Crippen LogP contribution in [0.1, 0.15) is 80.0 Å². The molecule has 4 rings (SSSR count). The van der Waals surface area contributed by atoms with Crippen molar-refractivity contribution in [1.82, 2.24) is 5.32 Å². The Kier molecular flexibility index (Phi) is 6.86. The normalized spacial score (nSPS) is 23.7. The molecule has 2 aliphatic carbocycles. The van der Waals surface area contributed by atoms with Crippen LogP contribution in [0.25, 0.3) is 5.57 Å². The maximum absolute atomic E-state index is 12.1. The van der Waals surface area contributed by atoms with E-state index >= 15 is 0 Å². The lowest BCUT2D eigenvalue weighted by Gasteiger charge is -2.41. The molecule has 0 bridgehead atoms. The van der Waals surface area contributed by atoms with Crippen LogP contribution in [-0.2, 0) is 11.2 Å². The van der Waals surface area contributed by atoms with Gasteiger partial charge >= 0.3 is 0 Å². The van der Waals surface area contributed by atoms with Crippen molar-refractivity contribution in [2.75, 3.05) is 7.05 Å². The molecule has 0 aromatic heterocycles. The summed E-state index contributed by atoms with van der Waals surface area (Å²) in [6.45, 7) is 4.42. The van der Waals surface area contributed by atoms with Gasteiger partial charge in [0.1, 0.15) is 0 Å². The maximum Gasteiger partial charge on any atom is 0.244 e. The first-order valence-corrected chi connectivity index (χ1v) is 12.2. The number of benzene rings is 2. The van der Waals surface area contributed by atoms with Crippen molar-refractivity contribution in [2.24, 2.45) is 11.8 Å². The summed E-state index contributed by atoms with van der Waals surface area (Å²) in [5.74, 6) is 2.37. The lowest BCUT2D eigenvalue weighted by Crippen LogP contribution is -2.28. The van der Waals surface area contributed by atoms with Crippen LogP contribution in [0.15, 0.2) is 48.5 Å². The second-order valence-electron chi connectivity index (χ2n) is 9.36. The molecule has 2 aromatic carbocycles. The van der Waals surface area contributed by atoms with Crippen LogP contribution in [0.3, 0.4) is 0 Å². The molecule has 1 amide bonds. The van der Waals surface area contributed by atoms with Gasteiger partial charge in [-0.1, -0.05) is 62.2 Å². The first kappa shape index (κ1) is 22.1. The van der Waals surface area contributed by atoms with Crippen LogP contribution < -0.4 is 5.32 Å². The fraction of sp³-hybridized carbons (Fsp3) is 0.464. The van der Waals surface area contributed by atoms with Crippen molar-refractivity contribution < 1.29 is 4.79 Å². The molecule has 164 valence electrons. The Bertz CT molecular complexity index is 961. The van der Waals surface area contributed by atoms with Gasteiger partial charge in [0.15, 0.2) is 0 Å². The molecule has 0 radical (unpaired) electrons. The van der Waals surface area contributed by atoms with Gasteiger partial charge < -0.3 is 5.32 Å². The predicted molar refractivity (Wildman–Crippen MR) is 131 cm³/mol. The quantitative estimate of drug-likeness (QED) is 0.460. The third-order valence-corrected chi connectivity index (χ3v) is 7.77. The monoisotopic (exact) mass is 435 g/mol. The average molecular weight is 436 g/mol. The Labute approximate surface area is 192 Å². The smallest absolute Gasteiger partial charge is 0.244 e. The van der Waals surface area contributed by atoms with Crippen LogP contribution >= 0.6 is 11.6 Å². The Balaban J connectivity index is 1.53. The van der Waals surface area contributed by atoms with E-state index in [0.29, 0.717) is 17.8 Å². The van der Waals surface area contributed by atoms with E-state index < -0.39 is 0 Å². The van der Waals surface area contributed by atoms with Crippen LogP contribution in [0.2, 0.25) is 5.02 Å². The van der Waals surface area contributed by atoms with Crippen molar-refractivity contribution in [3.8, 4) is 0 Å². The van der Waals surface area contributed by atoms with Crippen LogP contribution in [0.4, 0.5) is 0 Å². The highest BCUT2D eigenvalue weighted by molar-refractivity contribution is 6.30. The fourth-order valence-electron chi connectivity index (χ4n) is 5.72. The number of carbonyl (C=O) groups excluding carboxylic acids is 1. The lowest BCUT2D eigenvalue weighted by atomic mass is 9.63. The maximum atomic E-state index is 12.1. The minimum absolute atomic E-state index is 0.0268. The minimum atomic E-state index is -0.0268. The molecule has 1 saturated carbocycles. The summed E-state index contributed by atoms with van der Waals surface area (Å²) < 4.78 is 0. The van der Waals surface area contributed by atoms with Crippen molar-refractivity contribution in [2.45, 2.75) is 64.2 Å². The molecule has 0 saturated heterocycles. The molecule has 31 heavy (non-hydrogen) atoms. The number of hydrogen-bond acceptors (Lipinski definition) is 1. The molecule has 0 heterocycles. The molecule has 4 unspecified atom stereocenters. The van der Waals surface area contributed by atoms with Gasteiger partial charge in [-0.05, 0) is 95.7 Å². The summed E-state index contributed by atoms with van der Waals surface area (Å²) in [6.07, 6.45) is 8.98. The molecule has 2 aromatic rings. The molecular formula is C28H34ClNO. The zero-order valence-corrected chi connectivity index (χ0v) is 19.7. The number of carbonyl (C=O) groups is 1. The second-order valence-corrected chi connectivity index (χ2v) is 9.80. The standard InChI is InChI=1S/C28H34ClNO/c1-4-5-18(2)27(17-28(31)30-3)20-8-6-19(7-9-20)23-14-15-26(23)25-12-10-21-16-22(29)11-13-24(21)25/h6-9,11,13,16-18,23,25-26H,4-5,10,12,14-15H2,1-3H3,(H,30,31)/b27-17+. The molecule has 1 fully saturated rings. The molecule has 3 heteroatoms. The Morgan fingerprint density at radius 1 is 1.13 bits per heavy atom. The summed E-state index contributed by atoms with van der Waals surface area (Å²) >= 11 is 6.22. The van der Waals surface area contributed by atoms with E-state index in [9.17, 15) is 4.79 Å². The molecule has 1 N–H and O–H groups in total. The van der Waals surface area contributed by atoms with E-state index in [1.165, 1.54) is 41.5 Å². The summed E-state index contributed by atoms with van der Waals surface area (Å²) in [5.41, 5.74) is 6.74. The zero-order valence-electron chi connectivity index (χ0n) is 19.0. The molecule has 0 aliphatic heterocycles. The summed E-state index contributed by atoms with van der Waals surface area (Å²) in [4.78, 5) is 12.1. The molecular weight excluding hydrogens is 402 g/mol. The number of hydrogen-bond donors (Lipinski definition) is 1. The number of halogens is 1. The highest BCUT2D eigenvalue weighted by Crippen LogP contribution is 2.54. The summed E-state index contributed by atoms with van der Waals surface area (Å²) in [7, 11) is 1.69. The van der Waals surface area contributed by atoms with Crippen LogP contribution in [0, 0.1) is 11.8 Å². The zero-order chi connectivity index (χ0) is 22.0. The van der Waals surface area contributed by atoms with Gasteiger partial charge in [0.05, 0.1) is 0 Å². The highest BCUT2D eigenvalue weighted by Gasteiger charge is 2.40. The number of nitrogens with one attached hydrogen (secondary N) is 1. The van der Waals surface area contributed by atoms with E-state index in [-0.39, 0.29) is 5.91 Å². The lowest BCUT2D eigenvalue weighted by molar-refractivity contribution is -0.116. The van der Waals surface area contributed by atoms with Crippen LogP contribution in [-0.4, -0.2) is 13.0 Å². The molecule has 2 nitrogen and oxygen atoms in total. The third-order valence-electron chi connectivity index (χ3n) is 7.53. The second kappa shape index (κ2) is 9.61. The molecule has 2 aliphatic rings. The largest absolute Gasteiger partial charge is 0.356 e. The number of likely N-dealkylation sites (N-methyl/N-ethyl adjacent to an activating group) is 1. The average Bonchev–Trinajstić information content (AvgIpc) is 3.14. The van der Waals surface area contributed by atoms with E-state index in [1.807, 2.05) is 0 Å². The first-order chi connectivity index (χ1) is 15.0. The van der Waals surface area contributed by atoms with E-state index in [0.717, 1.165) is 35.8 Å². The van der Waals surface area contributed by atoms with Crippen molar-refractivity contribution in [3.63, 3.8) is 0 Å². The van der Waals surface area contributed by atoms with Crippen molar-refractivity contribution in [3.05, 3.63) is 75.8 Å². The van der Waals surface area contributed by atoms with Crippen LogP contribution in [0.5, 0.6) is 0 Å². The molecule has 0 spiro atoms. The van der Waals surface area contributed by atoms with E-state index in [2.05, 4.69) is 61.6 Å². The number of rotatable bonds is 7. The third kappa shape index (κ3) is 4.60. The minimum Gasteiger partial charge on any atom is -0.356 e. The number of amides is 1. The van der Waals surface area contributed by atoms with Gasteiger partial charge in [0, 0.05) is 18.1 Å². The van der Waals surface area contributed by atoms with Gasteiger partial charge in [-0.2, -0.15) is 0 Å². The number of aryl methyl sites for hydroxylation is 1. The number of allylic oxidation sites excluding steroid dienone is 1. The Morgan fingerprint density at radius 3 is 2.55 bits per heavy atom. The van der Waals surface area contributed by atoms with Crippen molar-refractivity contribution in [1.29, 1.82) is 0 Å². The van der Waals surface area contributed by atoms with Gasteiger partial charge in [-0.15, -0.1) is 0 Å². The SMILES string of the molecule is CCCC(C)/C(=C\C(=O)NC)c1ccc(C2CCC2C2CCc3cc(Cl)ccc32)cc1. The van der Waals surface area contributed by atoms with Gasteiger partial charge in [-0.25, -0.2) is 0 Å². The first-order valence-electron chi connectivity index (χ1n) is 11.8. The summed E-state index contributed by atoms with van der Waals surface area (Å²) in [6, 6.07) is 15.6. The highest BCUT2D eigenvalue weighted by atomic mass is 35.5. The summed E-state index contributed by atoms with van der Waals surface area (Å²) in [5, 5.41) is 3.59. The topological polar surface area (TPSA) is 29.1 Å². The Hall–Kier alpha value is -2.06. The molecule has 4 atom stereocenters. The predicted octanol–water partition coefficient (Wildman–Crippen LogP) is 7.13.